The van der Waals surface area contributed by atoms with E-state index >= 15 is 0 Å². The second-order valence-corrected chi connectivity index (χ2v) is 3.88. The maximum absolute atomic E-state index is 5.81. The Kier molecular flexibility index (Phi) is 3.17. The lowest BCUT2D eigenvalue weighted by molar-refractivity contribution is 1.31. The molecule has 2 rings (SSSR count). The fourth-order valence-electron chi connectivity index (χ4n) is 1.19. The summed E-state index contributed by atoms with van der Waals surface area (Å²) in [6, 6.07) is 11.8. The van der Waals surface area contributed by atoms with Crippen LogP contribution in [0.1, 0.15) is 0 Å². The van der Waals surface area contributed by atoms with Crippen LogP contribution in [0.4, 0.5) is 17.2 Å². The number of nitrogens with one attached hydrogen (secondary N) is 1. The van der Waals surface area contributed by atoms with E-state index in [4.69, 9.17) is 28.9 Å². The maximum atomic E-state index is 5.81. The first-order valence-electron chi connectivity index (χ1n) is 4.51. The molecule has 0 aliphatic heterocycles. The molecule has 0 unspecified atom stereocenters. The molecule has 5 heteroatoms. The highest BCUT2D eigenvalue weighted by Gasteiger charge is 2.06. The highest BCUT2D eigenvalue weighted by atomic mass is 35.5. The van der Waals surface area contributed by atoms with Gasteiger partial charge < -0.3 is 11.1 Å². The number of nitrogen functional groups attached to an aromatic ring is 1. The van der Waals surface area contributed by atoms with Gasteiger partial charge >= 0.3 is 0 Å². The number of aromatic nitrogens is 1. The van der Waals surface area contributed by atoms with Crippen LogP contribution in [0.15, 0.2) is 30.3 Å². The molecule has 0 atom stereocenters. The lowest BCUT2D eigenvalue weighted by Crippen LogP contribution is -1.99. The summed E-state index contributed by atoms with van der Waals surface area (Å²) in [7, 11) is 0. The minimum atomic E-state index is 0.221. The van der Waals surface area contributed by atoms with Crippen LogP contribution in [0, 0.1) is 6.07 Å². The summed E-state index contributed by atoms with van der Waals surface area (Å²) < 4.78 is 0. The third kappa shape index (κ3) is 2.38. The quantitative estimate of drug-likeness (QED) is 0.805. The van der Waals surface area contributed by atoms with Crippen molar-refractivity contribution in [2.75, 3.05) is 11.1 Å². The molecule has 81 valence electrons. The van der Waals surface area contributed by atoms with Gasteiger partial charge in [-0.05, 0) is 24.3 Å². The standard InChI is InChI=1S/C11H8Cl2N3/c12-8-6-9(14)11(16-10(8)13)15-7-4-2-1-3-5-7/h1-2,4-6H,14H2,(H,15,16). The van der Waals surface area contributed by atoms with Gasteiger partial charge in [0.1, 0.15) is 5.15 Å². The molecule has 1 aromatic carbocycles. The number of nitrogens with two attached hydrogens (primary N) is 1. The van der Waals surface area contributed by atoms with Crippen LogP contribution < -0.4 is 11.1 Å². The number of anilines is 3. The first-order chi connectivity index (χ1) is 7.66. The molecule has 0 saturated carbocycles. The molecule has 0 bridgehead atoms. The van der Waals surface area contributed by atoms with E-state index in [-0.39, 0.29) is 5.15 Å². The first-order valence-corrected chi connectivity index (χ1v) is 5.27. The van der Waals surface area contributed by atoms with Crippen LogP contribution in [0.3, 0.4) is 0 Å². The minimum absolute atomic E-state index is 0.221. The third-order valence-corrected chi connectivity index (χ3v) is 2.61. The van der Waals surface area contributed by atoms with Crippen molar-refractivity contribution < 1.29 is 0 Å². The van der Waals surface area contributed by atoms with E-state index < -0.39 is 0 Å². The Balaban J connectivity index is 2.32. The van der Waals surface area contributed by atoms with E-state index in [1.54, 1.807) is 18.2 Å². The maximum Gasteiger partial charge on any atom is 0.155 e. The second-order valence-electron chi connectivity index (χ2n) is 3.12. The number of rotatable bonds is 2. The monoisotopic (exact) mass is 252 g/mol. The zero-order chi connectivity index (χ0) is 11.5. The molecular weight excluding hydrogens is 245 g/mol. The SMILES string of the molecule is Nc1cc(Cl)c(Cl)nc1Nc1c[c]ccc1. The van der Waals surface area contributed by atoms with Crippen LogP contribution in [-0.4, -0.2) is 4.98 Å². The van der Waals surface area contributed by atoms with Gasteiger partial charge in [0.05, 0.1) is 10.7 Å². The van der Waals surface area contributed by atoms with Gasteiger partial charge in [0, 0.05) is 5.69 Å². The van der Waals surface area contributed by atoms with Crippen molar-refractivity contribution in [3.63, 3.8) is 0 Å². The molecular formula is C11H8Cl2N3. The largest absolute Gasteiger partial charge is 0.396 e. The average molecular weight is 253 g/mol. The summed E-state index contributed by atoms with van der Waals surface area (Å²) in [5.41, 5.74) is 7.04. The van der Waals surface area contributed by atoms with Gasteiger partial charge in [-0.1, -0.05) is 35.3 Å². The Hall–Kier alpha value is -1.45. The molecule has 0 spiro atoms. The third-order valence-electron chi connectivity index (χ3n) is 1.93. The van der Waals surface area contributed by atoms with E-state index in [9.17, 15) is 0 Å². The van der Waals surface area contributed by atoms with Crippen LogP contribution in [0.5, 0.6) is 0 Å². The highest BCUT2D eigenvalue weighted by Crippen LogP contribution is 2.28. The van der Waals surface area contributed by atoms with E-state index in [0.29, 0.717) is 16.5 Å². The number of benzene rings is 1. The molecule has 2 aromatic rings. The lowest BCUT2D eigenvalue weighted by Gasteiger charge is -2.09. The average Bonchev–Trinajstić information content (AvgIpc) is 2.27. The lowest BCUT2D eigenvalue weighted by atomic mass is 10.3. The summed E-state index contributed by atoms with van der Waals surface area (Å²) in [5.74, 6) is 0.481. The fraction of sp³-hybridized carbons (Fsp3) is 0. The second kappa shape index (κ2) is 4.60. The van der Waals surface area contributed by atoms with E-state index in [2.05, 4.69) is 16.4 Å². The topological polar surface area (TPSA) is 50.9 Å². The van der Waals surface area contributed by atoms with E-state index in [1.807, 2.05) is 12.1 Å². The summed E-state index contributed by atoms with van der Waals surface area (Å²) >= 11 is 11.6. The molecule has 1 aromatic heterocycles. The summed E-state index contributed by atoms with van der Waals surface area (Å²) in [6.07, 6.45) is 0. The molecule has 16 heavy (non-hydrogen) atoms. The fourth-order valence-corrected chi connectivity index (χ4v) is 1.49. The number of hydrogen-bond acceptors (Lipinski definition) is 3. The normalized spacial score (nSPS) is 10.1. The Labute approximate surface area is 103 Å². The smallest absolute Gasteiger partial charge is 0.155 e. The Morgan fingerprint density at radius 3 is 2.88 bits per heavy atom. The van der Waals surface area contributed by atoms with Gasteiger partial charge in [-0.3, -0.25) is 0 Å². The van der Waals surface area contributed by atoms with Crippen LogP contribution in [0.25, 0.3) is 0 Å². The summed E-state index contributed by atoms with van der Waals surface area (Å²) in [4.78, 5) is 4.05. The molecule has 0 fully saturated rings. The van der Waals surface area contributed by atoms with Crippen molar-refractivity contribution in [3.8, 4) is 0 Å². The van der Waals surface area contributed by atoms with E-state index in [1.165, 1.54) is 0 Å². The van der Waals surface area contributed by atoms with Crippen molar-refractivity contribution in [2.24, 2.45) is 0 Å². The molecule has 3 nitrogen and oxygen atoms in total. The van der Waals surface area contributed by atoms with Crippen molar-refractivity contribution in [2.45, 2.75) is 0 Å². The molecule has 3 N–H and O–H groups in total. The van der Waals surface area contributed by atoms with Gasteiger partial charge in [0.2, 0.25) is 0 Å². The van der Waals surface area contributed by atoms with E-state index in [0.717, 1.165) is 5.69 Å². The van der Waals surface area contributed by atoms with Gasteiger partial charge in [0.25, 0.3) is 0 Å². The highest BCUT2D eigenvalue weighted by molar-refractivity contribution is 6.41. The molecule has 0 aliphatic rings. The first kappa shape index (κ1) is 11.0. The summed E-state index contributed by atoms with van der Waals surface area (Å²) in [6.45, 7) is 0. The molecule has 0 amide bonds. The zero-order valence-corrected chi connectivity index (χ0v) is 9.68. The zero-order valence-electron chi connectivity index (χ0n) is 8.17. The Morgan fingerprint density at radius 1 is 1.38 bits per heavy atom. The van der Waals surface area contributed by atoms with Crippen molar-refractivity contribution in [1.29, 1.82) is 0 Å². The van der Waals surface area contributed by atoms with Crippen molar-refractivity contribution >= 4 is 40.4 Å². The molecule has 0 saturated heterocycles. The Morgan fingerprint density at radius 2 is 2.19 bits per heavy atom. The number of nitrogens with zero attached hydrogens (tertiary/aromatic N) is 1. The number of pyridine rings is 1. The number of halogens is 2. The van der Waals surface area contributed by atoms with Gasteiger partial charge in [-0.15, -0.1) is 0 Å². The molecule has 0 aliphatic carbocycles. The predicted octanol–water partition coefficient (Wildman–Crippen LogP) is 3.51. The van der Waals surface area contributed by atoms with Gasteiger partial charge in [-0.25, -0.2) is 4.98 Å². The van der Waals surface area contributed by atoms with Crippen LogP contribution >= 0.6 is 23.2 Å². The van der Waals surface area contributed by atoms with Crippen LogP contribution in [-0.2, 0) is 0 Å². The van der Waals surface area contributed by atoms with Crippen molar-refractivity contribution in [1.82, 2.24) is 4.98 Å². The minimum Gasteiger partial charge on any atom is -0.396 e. The van der Waals surface area contributed by atoms with Gasteiger partial charge in [0.15, 0.2) is 5.82 Å². The predicted molar refractivity (Wildman–Crippen MR) is 67.2 cm³/mol. The van der Waals surface area contributed by atoms with Gasteiger partial charge in [-0.2, -0.15) is 0 Å². The van der Waals surface area contributed by atoms with Crippen LogP contribution in [0.2, 0.25) is 10.2 Å². The number of hydrogen-bond donors (Lipinski definition) is 2. The molecule has 1 heterocycles. The molecule has 1 radical (unpaired) electrons. The van der Waals surface area contributed by atoms with Crippen molar-refractivity contribution in [3.05, 3.63) is 46.6 Å². The summed E-state index contributed by atoms with van der Waals surface area (Å²) in [5, 5.41) is 3.59. The Bertz CT molecular complexity index is 500.